The monoisotopic (exact) mass is 187 g/mol. The Kier molecular flexibility index (Phi) is 2.27. The molecule has 0 atom stereocenters. The van der Waals surface area contributed by atoms with Crippen LogP contribution in [0.15, 0.2) is 35.2 Å². The Morgan fingerprint density at radius 3 is 2.79 bits per heavy atom. The van der Waals surface area contributed by atoms with Crippen molar-refractivity contribution in [1.82, 2.24) is 10.1 Å². The molecule has 2 N–H and O–H groups in total. The summed E-state index contributed by atoms with van der Waals surface area (Å²) in [6.07, 6.45) is 4.88. The van der Waals surface area contributed by atoms with E-state index in [0.717, 1.165) is 11.3 Å². The Balaban J connectivity index is 2.23. The van der Waals surface area contributed by atoms with Gasteiger partial charge in [0.2, 0.25) is 6.39 Å². The van der Waals surface area contributed by atoms with Gasteiger partial charge in [-0.1, -0.05) is 23.4 Å². The first-order chi connectivity index (χ1) is 6.86. The number of nitrogen functional groups attached to an aromatic ring is 1. The van der Waals surface area contributed by atoms with Gasteiger partial charge in [-0.2, -0.15) is 4.98 Å². The average Bonchev–Trinajstić information content (AvgIpc) is 2.69. The number of para-hydroxylation sites is 1. The highest BCUT2D eigenvalue weighted by Crippen LogP contribution is 2.13. The van der Waals surface area contributed by atoms with E-state index in [1.54, 1.807) is 6.08 Å². The van der Waals surface area contributed by atoms with Gasteiger partial charge in [0.25, 0.3) is 0 Å². The minimum Gasteiger partial charge on any atom is -0.398 e. The third-order valence-corrected chi connectivity index (χ3v) is 1.79. The van der Waals surface area contributed by atoms with E-state index in [9.17, 15) is 0 Å². The van der Waals surface area contributed by atoms with Crippen molar-refractivity contribution in [2.45, 2.75) is 0 Å². The van der Waals surface area contributed by atoms with Gasteiger partial charge >= 0.3 is 0 Å². The van der Waals surface area contributed by atoms with Crippen molar-refractivity contribution in [2.24, 2.45) is 0 Å². The molecule has 0 unspecified atom stereocenters. The second kappa shape index (κ2) is 3.74. The molecule has 4 heteroatoms. The molecule has 0 amide bonds. The fourth-order valence-corrected chi connectivity index (χ4v) is 1.08. The Morgan fingerprint density at radius 2 is 2.07 bits per heavy atom. The Labute approximate surface area is 81.1 Å². The van der Waals surface area contributed by atoms with Gasteiger partial charge in [0.05, 0.1) is 0 Å². The Hall–Kier alpha value is -2.10. The van der Waals surface area contributed by atoms with Gasteiger partial charge in [0, 0.05) is 5.69 Å². The molecule has 4 nitrogen and oxygen atoms in total. The smallest absolute Gasteiger partial charge is 0.214 e. The predicted molar refractivity (Wildman–Crippen MR) is 54.1 cm³/mol. The molecule has 0 saturated heterocycles. The second-order valence-corrected chi connectivity index (χ2v) is 2.75. The maximum atomic E-state index is 5.74. The third kappa shape index (κ3) is 1.80. The van der Waals surface area contributed by atoms with E-state index in [4.69, 9.17) is 5.73 Å². The summed E-state index contributed by atoms with van der Waals surface area (Å²) in [4.78, 5) is 3.86. The van der Waals surface area contributed by atoms with Gasteiger partial charge in [-0.3, -0.25) is 0 Å². The quantitative estimate of drug-likeness (QED) is 0.728. The summed E-state index contributed by atoms with van der Waals surface area (Å²) in [6, 6.07) is 7.58. The number of hydrogen-bond donors (Lipinski definition) is 1. The van der Waals surface area contributed by atoms with Crippen molar-refractivity contribution in [1.29, 1.82) is 0 Å². The minimum absolute atomic E-state index is 0.535. The highest BCUT2D eigenvalue weighted by molar-refractivity contribution is 5.73. The minimum atomic E-state index is 0.535. The van der Waals surface area contributed by atoms with Crippen LogP contribution in [-0.4, -0.2) is 10.1 Å². The molecule has 2 aromatic rings. The van der Waals surface area contributed by atoms with Crippen molar-refractivity contribution >= 4 is 17.8 Å². The molecule has 0 bridgehead atoms. The summed E-state index contributed by atoms with van der Waals surface area (Å²) >= 11 is 0. The van der Waals surface area contributed by atoms with Gasteiger partial charge in [-0.05, 0) is 23.8 Å². The summed E-state index contributed by atoms with van der Waals surface area (Å²) in [6.45, 7) is 0. The van der Waals surface area contributed by atoms with Crippen LogP contribution in [0.25, 0.3) is 12.2 Å². The van der Waals surface area contributed by atoms with E-state index >= 15 is 0 Å². The summed E-state index contributed by atoms with van der Waals surface area (Å²) < 4.78 is 4.59. The van der Waals surface area contributed by atoms with Gasteiger partial charge in [0.1, 0.15) is 0 Å². The van der Waals surface area contributed by atoms with Crippen molar-refractivity contribution in [3.63, 3.8) is 0 Å². The molecular formula is C10H9N3O. The topological polar surface area (TPSA) is 64.9 Å². The van der Waals surface area contributed by atoms with Crippen LogP contribution in [0.5, 0.6) is 0 Å². The molecule has 14 heavy (non-hydrogen) atoms. The Morgan fingerprint density at radius 1 is 1.21 bits per heavy atom. The van der Waals surface area contributed by atoms with Crippen LogP contribution < -0.4 is 5.73 Å². The predicted octanol–water partition coefficient (Wildman–Crippen LogP) is 1.82. The van der Waals surface area contributed by atoms with Crippen molar-refractivity contribution in [3.05, 3.63) is 42.0 Å². The van der Waals surface area contributed by atoms with E-state index in [1.165, 1.54) is 6.39 Å². The summed E-state index contributed by atoms with van der Waals surface area (Å²) in [5.41, 5.74) is 7.42. The average molecular weight is 187 g/mol. The van der Waals surface area contributed by atoms with Gasteiger partial charge < -0.3 is 10.3 Å². The van der Waals surface area contributed by atoms with E-state index < -0.39 is 0 Å². The lowest BCUT2D eigenvalue weighted by molar-refractivity contribution is 0.415. The molecule has 0 fully saturated rings. The normalized spacial score (nSPS) is 10.9. The standard InChI is InChI=1S/C10H9N3O/c11-9-4-2-1-3-8(9)5-6-10-12-7-14-13-10/h1-7H,11H2/b6-5-. The lowest BCUT2D eigenvalue weighted by Gasteiger charge is -1.96. The van der Waals surface area contributed by atoms with Crippen LogP contribution in [0.2, 0.25) is 0 Å². The molecule has 0 aliphatic carbocycles. The van der Waals surface area contributed by atoms with Crippen LogP contribution in [0, 0.1) is 0 Å². The summed E-state index contributed by atoms with van der Waals surface area (Å²) in [7, 11) is 0. The number of nitrogens with zero attached hydrogens (tertiary/aromatic N) is 2. The fourth-order valence-electron chi connectivity index (χ4n) is 1.08. The van der Waals surface area contributed by atoms with E-state index in [-0.39, 0.29) is 0 Å². The summed E-state index contributed by atoms with van der Waals surface area (Å²) in [5, 5.41) is 3.65. The molecular weight excluding hydrogens is 178 g/mol. The van der Waals surface area contributed by atoms with E-state index in [2.05, 4.69) is 14.7 Å². The molecule has 0 aliphatic heterocycles. The molecule has 1 aromatic carbocycles. The number of benzene rings is 1. The molecule has 0 spiro atoms. The number of rotatable bonds is 2. The van der Waals surface area contributed by atoms with Crippen LogP contribution in [0.3, 0.4) is 0 Å². The number of hydrogen-bond acceptors (Lipinski definition) is 4. The number of nitrogens with two attached hydrogens (primary N) is 1. The van der Waals surface area contributed by atoms with Crippen LogP contribution >= 0.6 is 0 Å². The lowest BCUT2D eigenvalue weighted by Crippen LogP contribution is -1.87. The SMILES string of the molecule is Nc1ccccc1/C=C\c1ncon1. The third-order valence-electron chi connectivity index (χ3n) is 1.79. The van der Waals surface area contributed by atoms with Crippen LogP contribution in [0.4, 0.5) is 5.69 Å². The lowest BCUT2D eigenvalue weighted by atomic mass is 10.1. The molecule has 70 valence electrons. The highest BCUT2D eigenvalue weighted by Gasteiger charge is 1.94. The van der Waals surface area contributed by atoms with Crippen LogP contribution in [0.1, 0.15) is 11.4 Å². The second-order valence-electron chi connectivity index (χ2n) is 2.75. The maximum absolute atomic E-state index is 5.74. The molecule has 1 heterocycles. The highest BCUT2D eigenvalue weighted by atomic mass is 16.5. The van der Waals surface area contributed by atoms with Crippen molar-refractivity contribution in [2.75, 3.05) is 5.73 Å². The van der Waals surface area contributed by atoms with E-state index in [0.29, 0.717) is 5.82 Å². The largest absolute Gasteiger partial charge is 0.398 e. The van der Waals surface area contributed by atoms with E-state index in [1.807, 2.05) is 30.3 Å². The first-order valence-corrected chi connectivity index (χ1v) is 4.15. The first-order valence-electron chi connectivity index (χ1n) is 4.15. The van der Waals surface area contributed by atoms with Crippen molar-refractivity contribution < 1.29 is 4.52 Å². The Bertz CT molecular complexity index is 434. The molecule has 1 aromatic heterocycles. The molecule has 2 rings (SSSR count). The molecule has 0 saturated carbocycles. The van der Waals surface area contributed by atoms with Gasteiger partial charge in [-0.25, -0.2) is 0 Å². The molecule has 0 radical (unpaired) electrons. The van der Waals surface area contributed by atoms with Crippen molar-refractivity contribution in [3.8, 4) is 0 Å². The zero-order valence-corrected chi connectivity index (χ0v) is 7.42. The number of anilines is 1. The van der Waals surface area contributed by atoms with Gasteiger partial charge in [0.15, 0.2) is 5.82 Å². The maximum Gasteiger partial charge on any atom is 0.214 e. The number of aromatic nitrogens is 2. The summed E-state index contributed by atoms with van der Waals surface area (Å²) in [5.74, 6) is 0.535. The van der Waals surface area contributed by atoms with Gasteiger partial charge in [-0.15, -0.1) is 0 Å². The van der Waals surface area contributed by atoms with Crippen LogP contribution in [-0.2, 0) is 0 Å². The zero-order valence-electron chi connectivity index (χ0n) is 7.42. The fraction of sp³-hybridized carbons (Fsp3) is 0. The zero-order chi connectivity index (χ0) is 9.80. The first kappa shape index (κ1) is 8.50. The molecule has 0 aliphatic rings.